The number of hydrogen-bond donors (Lipinski definition) is 2. The fraction of sp³-hybridized carbons (Fsp3) is 0.556. The number of rotatable bonds is 5. The molecule has 0 aliphatic heterocycles. The summed E-state index contributed by atoms with van der Waals surface area (Å²) in [6.45, 7) is 1.50. The minimum Gasteiger partial charge on any atom is -0.325 e. The van der Waals surface area contributed by atoms with E-state index in [9.17, 15) is 17.2 Å². The summed E-state index contributed by atoms with van der Waals surface area (Å²) < 4.78 is 51.2. The quantitative estimate of drug-likeness (QED) is 0.866. The number of halogens is 3. The van der Waals surface area contributed by atoms with Crippen LogP contribution in [0.3, 0.4) is 0 Å². The Bertz CT molecular complexity index is 503. The van der Waals surface area contributed by atoms with E-state index in [1.165, 1.54) is 0 Å². The number of nitrogens with one attached hydrogen (secondary N) is 1. The third-order valence-corrected chi connectivity index (χ3v) is 5.25. The van der Waals surface area contributed by atoms with Crippen LogP contribution in [0.1, 0.15) is 10.4 Å². The zero-order chi connectivity index (χ0) is 13.3. The minimum absolute atomic E-state index is 0. The summed E-state index contributed by atoms with van der Waals surface area (Å²) in [7, 11) is -3.88. The Hall–Kier alpha value is -0.280. The van der Waals surface area contributed by atoms with Crippen LogP contribution in [0.15, 0.2) is 10.3 Å². The molecule has 3 N–H and O–H groups in total. The van der Waals surface area contributed by atoms with Gasteiger partial charge in [-0.25, -0.2) is 21.9 Å². The van der Waals surface area contributed by atoms with Gasteiger partial charge >= 0.3 is 0 Å². The average molecular weight is 321 g/mol. The first-order chi connectivity index (χ1) is 7.68. The summed E-state index contributed by atoms with van der Waals surface area (Å²) in [5.41, 5.74) is 5.38. The van der Waals surface area contributed by atoms with E-state index in [4.69, 9.17) is 5.73 Å². The van der Waals surface area contributed by atoms with E-state index < -0.39 is 29.0 Å². The molecule has 1 rings (SSSR count). The van der Waals surface area contributed by atoms with Crippen molar-refractivity contribution in [2.24, 2.45) is 5.73 Å². The fourth-order valence-corrected chi connectivity index (χ4v) is 4.00. The van der Waals surface area contributed by atoms with E-state index in [2.05, 4.69) is 0 Å². The van der Waals surface area contributed by atoms with Crippen LogP contribution in [0.4, 0.5) is 8.78 Å². The van der Waals surface area contributed by atoms with Crippen molar-refractivity contribution in [3.05, 3.63) is 16.5 Å². The van der Waals surface area contributed by atoms with Crippen molar-refractivity contribution in [1.29, 1.82) is 0 Å². The Morgan fingerprint density at radius 2 is 2.00 bits per heavy atom. The number of thiophene rings is 1. The van der Waals surface area contributed by atoms with Gasteiger partial charge in [-0.2, -0.15) is 0 Å². The van der Waals surface area contributed by atoms with E-state index in [-0.39, 0.29) is 16.6 Å². The summed E-state index contributed by atoms with van der Waals surface area (Å²) in [5, 5.41) is 0. The van der Waals surface area contributed by atoms with E-state index in [0.29, 0.717) is 5.56 Å². The third kappa shape index (κ3) is 4.43. The van der Waals surface area contributed by atoms with Crippen LogP contribution in [0.2, 0.25) is 0 Å². The topological polar surface area (TPSA) is 72.2 Å². The standard InChI is InChI=1S/C9H14F2N2O2S2.ClH/c1-6-3-7(2)16-8(6)17(14,15)13-5-9(10,11)4-12;/h3,13H,4-5,12H2,1-2H3;1H. The van der Waals surface area contributed by atoms with Gasteiger partial charge in [0.15, 0.2) is 0 Å². The molecular formula is C9H15ClF2N2O2S2. The van der Waals surface area contributed by atoms with E-state index >= 15 is 0 Å². The second-order valence-corrected chi connectivity index (χ2v) is 6.93. The van der Waals surface area contributed by atoms with Gasteiger partial charge in [0, 0.05) is 4.88 Å². The van der Waals surface area contributed by atoms with Crippen molar-refractivity contribution in [2.75, 3.05) is 13.1 Å². The molecule has 106 valence electrons. The summed E-state index contributed by atoms with van der Waals surface area (Å²) in [4.78, 5) is 0.813. The Kier molecular flexibility index (Phi) is 6.15. The lowest BCUT2D eigenvalue weighted by Crippen LogP contribution is -2.41. The first-order valence-electron chi connectivity index (χ1n) is 4.82. The molecule has 9 heteroatoms. The van der Waals surface area contributed by atoms with Crippen molar-refractivity contribution in [3.63, 3.8) is 0 Å². The highest BCUT2D eigenvalue weighted by Gasteiger charge is 2.30. The van der Waals surface area contributed by atoms with Crippen LogP contribution < -0.4 is 10.5 Å². The predicted octanol–water partition coefficient (Wildman–Crippen LogP) is 1.66. The van der Waals surface area contributed by atoms with Gasteiger partial charge in [-0.1, -0.05) is 0 Å². The highest BCUT2D eigenvalue weighted by Crippen LogP contribution is 2.26. The Balaban J connectivity index is 0.00000289. The second-order valence-electron chi connectivity index (χ2n) is 3.71. The van der Waals surface area contributed by atoms with E-state index in [0.717, 1.165) is 16.2 Å². The summed E-state index contributed by atoms with van der Waals surface area (Å²) in [6, 6.07) is 1.69. The molecule has 18 heavy (non-hydrogen) atoms. The number of alkyl halides is 2. The monoisotopic (exact) mass is 320 g/mol. The molecular weight excluding hydrogens is 306 g/mol. The van der Waals surface area contributed by atoms with Crippen molar-refractivity contribution in [1.82, 2.24) is 4.72 Å². The van der Waals surface area contributed by atoms with Crippen LogP contribution in [-0.2, 0) is 10.0 Å². The molecule has 0 bridgehead atoms. The highest BCUT2D eigenvalue weighted by molar-refractivity contribution is 7.91. The van der Waals surface area contributed by atoms with Gasteiger partial charge in [0.2, 0.25) is 0 Å². The molecule has 0 aliphatic carbocycles. The molecule has 0 fully saturated rings. The summed E-state index contributed by atoms with van der Waals surface area (Å²) >= 11 is 1.05. The normalized spacial score (nSPS) is 12.3. The zero-order valence-corrected chi connectivity index (χ0v) is 12.3. The summed E-state index contributed by atoms with van der Waals surface area (Å²) in [6.07, 6.45) is 0. The lowest BCUT2D eigenvalue weighted by molar-refractivity contribution is 0.0170. The number of nitrogens with two attached hydrogens (primary N) is 1. The van der Waals surface area contributed by atoms with Crippen molar-refractivity contribution in [2.45, 2.75) is 24.0 Å². The number of sulfonamides is 1. The van der Waals surface area contributed by atoms with Crippen LogP contribution >= 0.6 is 23.7 Å². The molecule has 1 heterocycles. The van der Waals surface area contributed by atoms with E-state index in [1.54, 1.807) is 19.9 Å². The molecule has 0 radical (unpaired) electrons. The Morgan fingerprint density at radius 1 is 1.44 bits per heavy atom. The van der Waals surface area contributed by atoms with Gasteiger partial charge in [-0.05, 0) is 25.5 Å². The third-order valence-electron chi connectivity index (χ3n) is 2.06. The van der Waals surface area contributed by atoms with Gasteiger partial charge in [-0.3, -0.25) is 0 Å². The number of aryl methyl sites for hydroxylation is 2. The molecule has 0 aromatic carbocycles. The smallest absolute Gasteiger partial charge is 0.273 e. The molecule has 1 aromatic rings. The van der Waals surface area contributed by atoms with Crippen molar-refractivity contribution < 1.29 is 17.2 Å². The first-order valence-corrected chi connectivity index (χ1v) is 7.12. The van der Waals surface area contributed by atoms with E-state index in [1.807, 2.05) is 4.72 Å². The maximum absolute atomic E-state index is 12.9. The van der Waals surface area contributed by atoms with Crippen LogP contribution in [0.5, 0.6) is 0 Å². The first kappa shape index (κ1) is 17.7. The van der Waals surface area contributed by atoms with Crippen molar-refractivity contribution in [3.8, 4) is 0 Å². The van der Waals surface area contributed by atoms with Crippen LogP contribution in [0.25, 0.3) is 0 Å². The second kappa shape index (κ2) is 6.25. The average Bonchev–Trinajstić information content (AvgIpc) is 2.56. The molecule has 1 aromatic heterocycles. The van der Waals surface area contributed by atoms with Gasteiger partial charge < -0.3 is 5.73 Å². The molecule has 0 saturated heterocycles. The fourth-order valence-electron chi connectivity index (χ4n) is 1.23. The molecule has 0 amide bonds. The summed E-state index contributed by atoms with van der Waals surface area (Å²) in [5.74, 6) is -3.23. The van der Waals surface area contributed by atoms with Gasteiger partial charge in [-0.15, -0.1) is 23.7 Å². The lowest BCUT2D eigenvalue weighted by atomic mass is 10.3. The van der Waals surface area contributed by atoms with Gasteiger partial charge in [0.25, 0.3) is 15.9 Å². The zero-order valence-electron chi connectivity index (χ0n) is 9.87. The maximum Gasteiger partial charge on any atom is 0.273 e. The lowest BCUT2D eigenvalue weighted by Gasteiger charge is -2.14. The Labute approximate surface area is 115 Å². The molecule has 0 aliphatic rings. The highest BCUT2D eigenvalue weighted by atomic mass is 35.5. The SMILES string of the molecule is Cc1cc(C)c(S(=O)(=O)NCC(F)(F)CN)s1.Cl. The van der Waals surface area contributed by atoms with Crippen molar-refractivity contribution >= 4 is 33.8 Å². The largest absolute Gasteiger partial charge is 0.325 e. The predicted molar refractivity (Wildman–Crippen MR) is 70.2 cm³/mol. The number of hydrogen-bond acceptors (Lipinski definition) is 4. The van der Waals surface area contributed by atoms with Crippen LogP contribution in [-0.4, -0.2) is 27.4 Å². The van der Waals surface area contributed by atoms with Gasteiger partial charge in [0.1, 0.15) is 4.21 Å². The molecule has 0 spiro atoms. The minimum atomic E-state index is -3.88. The molecule has 0 unspecified atom stereocenters. The van der Waals surface area contributed by atoms with Gasteiger partial charge in [0.05, 0.1) is 13.1 Å². The molecule has 4 nitrogen and oxygen atoms in total. The molecule has 0 atom stereocenters. The van der Waals surface area contributed by atoms with Crippen LogP contribution in [0, 0.1) is 13.8 Å². The maximum atomic E-state index is 12.9. The molecule has 0 saturated carbocycles. The Morgan fingerprint density at radius 3 is 2.39 bits per heavy atom.